The van der Waals surface area contributed by atoms with Crippen LogP contribution in [0, 0.1) is 0 Å². The molecule has 5 heteroatoms. The smallest absolute Gasteiger partial charge is 0.255 e. The maximum Gasteiger partial charge on any atom is 0.255 e. The molecule has 2 heterocycles. The van der Waals surface area contributed by atoms with Gasteiger partial charge in [0.15, 0.2) is 0 Å². The van der Waals surface area contributed by atoms with Crippen LogP contribution in [-0.2, 0) is 0 Å². The van der Waals surface area contributed by atoms with E-state index in [1.54, 1.807) is 12.4 Å². The number of nitrogens with one attached hydrogen (secondary N) is 2. The fraction of sp³-hybridized carbons (Fsp3) is 0.571. The summed E-state index contributed by atoms with van der Waals surface area (Å²) in [6.07, 6.45) is 5.49. The lowest BCUT2D eigenvalue weighted by atomic mass is 10.1. The van der Waals surface area contributed by atoms with Crippen LogP contribution in [0.5, 0.6) is 0 Å². The highest BCUT2D eigenvalue weighted by atomic mass is 16.1. The minimum Gasteiger partial charge on any atom is -0.387 e. The average Bonchev–Trinajstić information content (AvgIpc) is 2.47. The molecule has 2 N–H and O–H groups in total. The zero-order valence-electron chi connectivity index (χ0n) is 11.6. The fourth-order valence-corrected chi connectivity index (χ4v) is 2.52. The van der Waals surface area contributed by atoms with E-state index in [1.807, 2.05) is 13.1 Å². The first kappa shape index (κ1) is 13.8. The van der Waals surface area contributed by atoms with E-state index in [1.165, 1.54) is 0 Å². The number of rotatable bonds is 4. The second-order valence-electron chi connectivity index (χ2n) is 4.88. The molecule has 1 unspecified atom stereocenters. The second-order valence-corrected chi connectivity index (χ2v) is 4.88. The van der Waals surface area contributed by atoms with Gasteiger partial charge in [0.25, 0.3) is 5.91 Å². The zero-order chi connectivity index (χ0) is 13.7. The Balaban J connectivity index is 2.00. The van der Waals surface area contributed by atoms with Crippen molar-refractivity contribution < 1.29 is 4.79 Å². The molecule has 1 aromatic heterocycles. The van der Waals surface area contributed by atoms with Gasteiger partial charge in [0, 0.05) is 37.7 Å². The number of hydrogen-bond donors (Lipinski definition) is 2. The fourth-order valence-electron chi connectivity index (χ4n) is 2.52. The molecule has 1 aliphatic rings. The van der Waals surface area contributed by atoms with Crippen LogP contribution in [0.2, 0.25) is 0 Å². The monoisotopic (exact) mass is 262 g/mol. The Hall–Kier alpha value is -1.62. The van der Waals surface area contributed by atoms with Gasteiger partial charge in [-0.05, 0) is 32.0 Å². The molecule has 1 aliphatic heterocycles. The van der Waals surface area contributed by atoms with Crippen LogP contribution < -0.4 is 10.6 Å². The van der Waals surface area contributed by atoms with Crippen LogP contribution in [0.25, 0.3) is 0 Å². The van der Waals surface area contributed by atoms with Crippen molar-refractivity contribution in [2.24, 2.45) is 0 Å². The molecule has 0 aliphatic carbocycles. The molecule has 1 amide bonds. The summed E-state index contributed by atoms with van der Waals surface area (Å²) in [5.41, 5.74) is 1.43. The summed E-state index contributed by atoms with van der Waals surface area (Å²) in [6.45, 7) is 5.28. The Morgan fingerprint density at radius 3 is 3.16 bits per heavy atom. The van der Waals surface area contributed by atoms with Crippen LogP contribution in [-0.4, -0.2) is 48.5 Å². The van der Waals surface area contributed by atoms with Gasteiger partial charge in [-0.3, -0.25) is 9.78 Å². The van der Waals surface area contributed by atoms with Crippen molar-refractivity contribution in [3.63, 3.8) is 0 Å². The SMILES string of the molecule is CCN1CCCC(NC(=O)c2cnccc2NC)C1. The molecule has 1 atom stereocenters. The number of hydrogen-bond acceptors (Lipinski definition) is 4. The molecular weight excluding hydrogens is 240 g/mol. The highest BCUT2D eigenvalue weighted by Gasteiger charge is 2.21. The minimum absolute atomic E-state index is 0.0413. The number of likely N-dealkylation sites (tertiary alicyclic amines) is 1. The van der Waals surface area contributed by atoms with Gasteiger partial charge in [0.1, 0.15) is 0 Å². The van der Waals surface area contributed by atoms with Gasteiger partial charge in [-0.15, -0.1) is 0 Å². The number of anilines is 1. The Labute approximate surface area is 114 Å². The lowest BCUT2D eigenvalue weighted by Crippen LogP contribution is -2.47. The van der Waals surface area contributed by atoms with E-state index in [0.717, 1.165) is 38.2 Å². The van der Waals surface area contributed by atoms with E-state index < -0.39 is 0 Å². The van der Waals surface area contributed by atoms with Crippen molar-refractivity contribution in [1.82, 2.24) is 15.2 Å². The summed E-state index contributed by atoms with van der Waals surface area (Å²) in [4.78, 5) is 18.7. The van der Waals surface area contributed by atoms with Gasteiger partial charge in [0.05, 0.1) is 5.56 Å². The molecule has 0 spiro atoms. The number of pyridine rings is 1. The number of nitrogens with zero attached hydrogens (tertiary/aromatic N) is 2. The number of carbonyl (C=O) groups excluding carboxylic acids is 1. The molecule has 1 saturated heterocycles. The van der Waals surface area contributed by atoms with Crippen molar-refractivity contribution in [3.05, 3.63) is 24.0 Å². The van der Waals surface area contributed by atoms with Gasteiger partial charge < -0.3 is 15.5 Å². The lowest BCUT2D eigenvalue weighted by Gasteiger charge is -2.32. The van der Waals surface area contributed by atoms with E-state index in [-0.39, 0.29) is 11.9 Å². The molecule has 0 aromatic carbocycles. The third-order valence-electron chi connectivity index (χ3n) is 3.62. The first-order valence-corrected chi connectivity index (χ1v) is 6.89. The highest BCUT2D eigenvalue weighted by molar-refractivity contribution is 5.99. The summed E-state index contributed by atoms with van der Waals surface area (Å²) in [5.74, 6) is -0.0413. The van der Waals surface area contributed by atoms with Gasteiger partial charge in [-0.2, -0.15) is 0 Å². The predicted octanol–water partition coefficient (Wildman–Crippen LogP) is 1.34. The van der Waals surface area contributed by atoms with E-state index in [9.17, 15) is 4.79 Å². The number of amides is 1. The molecule has 0 saturated carbocycles. The number of piperidine rings is 1. The maximum atomic E-state index is 12.3. The van der Waals surface area contributed by atoms with Crippen LogP contribution in [0.1, 0.15) is 30.1 Å². The second kappa shape index (κ2) is 6.52. The van der Waals surface area contributed by atoms with Crippen molar-refractivity contribution in [3.8, 4) is 0 Å². The number of likely N-dealkylation sites (N-methyl/N-ethyl adjacent to an activating group) is 1. The van der Waals surface area contributed by atoms with Crippen LogP contribution >= 0.6 is 0 Å². The Bertz CT molecular complexity index is 435. The van der Waals surface area contributed by atoms with Gasteiger partial charge in [0.2, 0.25) is 0 Å². The Kier molecular flexibility index (Phi) is 4.74. The molecular formula is C14H22N4O. The van der Waals surface area contributed by atoms with Crippen LogP contribution in [0.3, 0.4) is 0 Å². The van der Waals surface area contributed by atoms with Crippen LogP contribution in [0.15, 0.2) is 18.5 Å². The molecule has 1 aromatic rings. The number of carbonyl (C=O) groups is 1. The maximum absolute atomic E-state index is 12.3. The van der Waals surface area contributed by atoms with Crippen molar-refractivity contribution in [1.29, 1.82) is 0 Å². The minimum atomic E-state index is -0.0413. The van der Waals surface area contributed by atoms with Gasteiger partial charge in [-0.25, -0.2) is 0 Å². The standard InChI is InChI=1S/C14H22N4O/c1-3-18-8-4-5-11(10-18)17-14(19)12-9-16-7-6-13(12)15-2/h6-7,9,11H,3-5,8,10H2,1-2H3,(H,15,16)(H,17,19). The zero-order valence-corrected chi connectivity index (χ0v) is 11.6. The normalized spacial score (nSPS) is 20.0. The van der Waals surface area contributed by atoms with Crippen molar-refractivity contribution in [2.75, 3.05) is 32.0 Å². The quantitative estimate of drug-likeness (QED) is 0.859. The molecule has 5 nitrogen and oxygen atoms in total. The van der Waals surface area contributed by atoms with E-state index in [4.69, 9.17) is 0 Å². The summed E-state index contributed by atoms with van der Waals surface area (Å²) < 4.78 is 0. The summed E-state index contributed by atoms with van der Waals surface area (Å²) >= 11 is 0. The summed E-state index contributed by atoms with van der Waals surface area (Å²) in [6, 6.07) is 2.06. The van der Waals surface area contributed by atoms with Gasteiger partial charge >= 0.3 is 0 Å². The van der Waals surface area contributed by atoms with E-state index >= 15 is 0 Å². The average molecular weight is 262 g/mol. The first-order valence-electron chi connectivity index (χ1n) is 6.89. The topological polar surface area (TPSA) is 57.3 Å². The third-order valence-corrected chi connectivity index (χ3v) is 3.62. The van der Waals surface area contributed by atoms with Crippen LogP contribution in [0.4, 0.5) is 5.69 Å². The molecule has 0 radical (unpaired) electrons. The van der Waals surface area contributed by atoms with E-state index in [2.05, 4.69) is 27.4 Å². The molecule has 104 valence electrons. The largest absolute Gasteiger partial charge is 0.387 e. The van der Waals surface area contributed by atoms with Crippen molar-refractivity contribution in [2.45, 2.75) is 25.8 Å². The predicted molar refractivity (Wildman–Crippen MR) is 76.4 cm³/mol. The summed E-state index contributed by atoms with van der Waals surface area (Å²) in [7, 11) is 1.81. The lowest BCUT2D eigenvalue weighted by molar-refractivity contribution is 0.0906. The summed E-state index contributed by atoms with van der Waals surface area (Å²) in [5, 5.41) is 6.14. The Morgan fingerprint density at radius 1 is 1.58 bits per heavy atom. The number of aromatic nitrogens is 1. The molecule has 1 fully saturated rings. The molecule has 2 rings (SSSR count). The van der Waals surface area contributed by atoms with Crippen molar-refractivity contribution >= 4 is 11.6 Å². The molecule has 0 bridgehead atoms. The third kappa shape index (κ3) is 3.44. The van der Waals surface area contributed by atoms with E-state index in [0.29, 0.717) is 5.56 Å². The first-order chi connectivity index (χ1) is 9.24. The molecule has 19 heavy (non-hydrogen) atoms. The van der Waals surface area contributed by atoms with Gasteiger partial charge in [-0.1, -0.05) is 6.92 Å². The highest BCUT2D eigenvalue weighted by Crippen LogP contribution is 2.14. The Morgan fingerprint density at radius 2 is 2.42 bits per heavy atom.